The molecule has 0 radical (unpaired) electrons. The smallest absolute Gasteiger partial charge is 0.242 e. The number of nitrogens with zero attached hydrogens (tertiary/aromatic N) is 2. The van der Waals surface area contributed by atoms with Gasteiger partial charge < -0.3 is 10.2 Å². The van der Waals surface area contributed by atoms with Crippen molar-refractivity contribution in [1.82, 2.24) is 10.2 Å². The average molecular weight is 571 g/mol. The number of sulfonamides is 1. The summed E-state index contributed by atoms with van der Waals surface area (Å²) in [6, 6.07) is 9.85. The van der Waals surface area contributed by atoms with E-state index >= 15 is 0 Å². The van der Waals surface area contributed by atoms with Crippen molar-refractivity contribution in [3.05, 3.63) is 63.1 Å². The summed E-state index contributed by atoms with van der Waals surface area (Å²) in [4.78, 5) is 27.9. The SMILES string of the molecule is Cc1cc(C)cc(N(CCCC(=O)N(Cc2c(Cl)cccc2Cl)C(C)C(=O)NC(C)(C)C)S(C)(=O)=O)c1. The minimum atomic E-state index is -3.57. The second-order valence-electron chi connectivity index (χ2n) is 10.4. The third kappa shape index (κ3) is 9.20. The molecule has 1 unspecified atom stereocenters. The number of rotatable bonds is 10. The van der Waals surface area contributed by atoms with E-state index in [2.05, 4.69) is 5.32 Å². The van der Waals surface area contributed by atoms with Crippen LogP contribution in [0.15, 0.2) is 36.4 Å². The monoisotopic (exact) mass is 569 g/mol. The maximum absolute atomic E-state index is 13.4. The summed E-state index contributed by atoms with van der Waals surface area (Å²) < 4.78 is 26.4. The number of carbonyl (C=O) groups is 2. The van der Waals surface area contributed by atoms with Gasteiger partial charge in [0.15, 0.2) is 0 Å². The molecule has 0 aromatic heterocycles. The molecule has 2 rings (SSSR count). The molecule has 10 heteroatoms. The lowest BCUT2D eigenvalue weighted by Gasteiger charge is -2.32. The van der Waals surface area contributed by atoms with Crippen LogP contribution in [0.25, 0.3) is 0 Å². The Morgan fingerprint density at radius 1 is 1.03 bits per heavy atom. The molecule has 1 N–H and O–H groups in total. The number of nitrogens with one attached hydrogen (secondary N) is 1. The Hall–Kier alpha value is -2.29. The molecule has 0 saturated carbocycles. The molecule has 0 fully saturated rings. The fourth-order valence-electron chi connectivity index (χ4n) is 4.01. The van der Waals surface area contributed by atoms with Gasteiger partial charge in [-0.1, -0.05) is 35.3 Å². The van der Waals surface area contributed by atoms with Gasteiger partial charge in [-0.15, -0.1) is 0 Å². The van der Waals surface area contributed by atoms with Crippen LogP contribution in [0.2, 0.25) is 10.0 Å². The first-order chi connectivity index (χ1) is 17.0. The second kappa shape index (κ2) is 12.5. The number of anilines is 1. The molecular formula is C27H37Cl2N3O4S. The zero-order chi connectivity index (χ0) is 28.1. The van der Waals surface area contributed by atoms with E-state index in [1.54, 1.807) is 37.3 Å². The fraction of sp³-hybridized carbons (Fsp3) is 0.481. The first-order valence-corrected chi connectivity index (χ1v) is 14.7. The Morgan fingerprint density at radius 3 is 2.05 bits per heavy atom. The Bertz CT molecular complexity index is 1200. The van der Waals surface area contributed by atoms with Crippen molar-refractivity contribution in [3.8, 4) is 0 Å². The van der Waals surface area contributed by atoms with E-state index < -0.39 is 21.6 Å². The summed E-state index contributed by atoms with van der Waals surface area (Å²) in [6.07, 6.45) is 1.45. The molecule has 0 aliphatic carbocycles. The molecular weight excluding hydrogens is 533 g/mol. The van der Waals surface area contributed by atoms with E-state index in [0.29, 0.717) is 21.3 Å². The van der Waals surface area contributed by atoms with Gasteiger partial charge in [-0.25, -0.2) is 8.42 Å². The zero-order valence-corrected chi connectivity index (χ0v) is 24.9. The standard InChI is InChI=1S/C27H37Cl2N3O4S/c1-18-14-19(2)16-21(15-18)32(37(7,35)36)13-9-12-25(33)31(20(3)26(34)30-27(4,5)6)17-22-23(28)10-8-11-24(22)29/h8,10-11,14-16,20H,9,12-13,17H2,1-7H3,(H,30,34). The summed E-state index contributed by atoms with van der Waals surface area (Å²) in [7, 11) is -3.57. The summed E-state index contributed by atoms with van der Waals surface area (Å²) in [5.74, 6) is -0.613. The molecule has 0 aliphatic heterocycles. The highest BCUT2D eigenvalue weighted by Gasteiger charge is 2.29. The van der Waals surface area contributed by atoms with Gasteiger partial charge in [0.1, 0.15) is 6.04 Å². The molecule has 204 valence electrons. The number of hydrogen-bond acceptors (Lipinski definition) is 4. The molecule has 2 aromatic carbocycles. The highest BCUT2D eigenvalue weighted by Crippen LogP contribution is 2.27. The predicted octanol–water partition coefficient (Wildman–Crippen LogP) is 5.49. The van der Waals surface area contributed by atoms with Gasteiger partial charge in [0.2, 0.25) is 21.8 Å². The summed E-state index contributed by atoms with van der Waals surface area (Å²) in [6.45, 7) is 11.2. The van der Waals surface area contributed by atoms with Crippen molar-refractivity contribution < 1.29 is 18.0 Å². The number of amides is 2. The molecule has 0 saturated heterocycles. The van der Waals surface area contributed by atoms with Crippen LogP contribution in [-0.2, 0) is 26.2 Å². The van der Waals surface area contributed by atoms with Gasteiger partial charge in [0, 0.05) is 40.7 Å². The van der Waals surface area contributed by atoms with Crippen molar-refractivity contribution in [3.63, 3.8) is 0 Å². The fourth-order valence-corrected chi connectivity index (χ4v) is 5.48. The normalized spacial score (nSPS) is 12.7. The van der Waals surface area contributed by atoms with Crippen molar-refractivity contribution in [1.29, 1.82) is 0 Å². The van der Waals surface area contributed by atoms with E-state index in [4.69, 9.17) is 23.2 Å². The topological polar surface area (TPSA) is 86.8 Å². The molecule has 37 heavy (non-hydrogen) atoms. The van der Waals surface area contributed by atoms with E-state index in [1.807, 2.05) is 40.7 Å². The van der Waals surface area contributed by atoms with E-state index in [-0.39, 0.29) is 37.7 Å². The zero-order valence-electron chi connectivity index (χ0n) is 22.6. The van der Waals surface area contributed by atoms with Crippen LogP contribution in [0.5, 0.6) is 0 Å². The third-order valence-electron chi connectivity index (χ3n) is 5.70. The second-order valence-corrected chi connectivity index (χ2v) is 13.1. The largest absolute Gasteiger partial charge is 0.350 e. The molecule has 0 spiro atoms. The molecule has 0 bridgehead atoms. The lowest BCUT2D eigenvalue weighted by molar-refractivity contribution is -0.141. The molecule has 1 atom stereocenters. The molecule has 2 aromatic rings. The van der Waals surface area contributed by atoms with E-state index in [9.17, 15) is 18.0 Å². The lowest BCUT2D eigenvalue weighted by atomic mass is 10.1. The highest BCUT2D eigenvalue weighted by atomic mass is 35.5. The maximum atomic E-state index is 13.4. The minimum Gasteiger partial charge on any atom is -0.350 e. The van der Waals surface area contributed by atoms with Crippen molar-refractivity contribution in [2.45, 2.75) is 72.5 Å². The third-order valence-corrected chi connectivity index (χ3v) is 7.60. The number of aryl methyl sites for hydroxylation is 2. The van der Waals surface area contributed by atoms with Gasteiger partial charge in [-0.3, -0.25) is 13.9 Å². The minimum absolute atomic E-state index is 0.0338. The predicted molar refractivity (Wildman–Crippen MR) is 152 cm³/mol. The Morgan fingerprint density at radius 2 is 1.57 bits per heavy atom. The van der Waals surface area contributed by atoms with Gasteiger partial charge in [0.25, 0.3) is 0 Å². The average Bonchev–Trinajstić information content (AvgIpc) is 2.73. The van der Waals surface area contributed by atoms with E-state index in [0.717, 1.165) is 17.4 Å². The highest BCUT2D eigenvalue weighted by molar-refractivity contribution is 7.92. The van der Waals surface area contributed by atoms with E-state index in [1.165, 1.54) is 9.21 Å². The number of benzene rings is 2. The van der Waals surface area contributed by atoms with Crippen LogP contribution >= 0.6 is 23.2 Å². The number of carbonyl (C=O) groups excluding carboxylic acids is 2. The summed E-state index contributed by atoms with van der Waals surface area (Å²) in [5, 5.41) is 3.70. The first-order valence-electron chi connectivity index (χ1n) is 12.1. The number of hydrogen-bond donors (Lipinski definition) is 1. The van der Waals surface area contributed by atoms with Crippen LogP contribution in [0.3, 0.4) is 0 Å². The Kier molecular flexibility index (Phi) is 10.5. The number of halogens is 2. The Labute approximate surface area is 231 Å². The molecule has 0 heterocycles. The lowest BCUT2D eigenvalue weighted by Crippen LogP contribution is -2.52. The van der Waals surface area contributed by atoms with Crippen LogP contribution in [-0.4, -0.2) is 49.5 Å². The summed E-state index contributed by atoms with van der Waals surface area (Å²) in [5.41, 5.74) is 2.51. The molecule has 0 aliphatic rings. The maximum Gasteiger partial charge on any atom is 0.242 e. The molecule has 2 amide bonds. The quantitative estimate of drug-likeness (QED) is 0.410. The van der Waals surface area contributed by atoms with Crippen LogP contribution in [0, 0.1) is 13.8 Å². The van der Waals surface area contributed by atoms with Crippen LogP contribution in [0.4, 0.5) is 5.69 Å². The van der Waals surface area contributed by atoms with Crippen LogP contribution in [0.1, 0.15) is 57.2 Å². The van der Waals surface area contributed by atoms with Gasteiger partial charge >= 0.3 is 0 Å². The van der Waals surface area contributed by atoms with Crippen molar-refractivity contribution >= 4 is 50.7 Å². The first kappa shape index (κ1) is 30.9. The summed E-state index contributed by atoms with van der Waals surface area (Å²) >= 11 is 12.7. The Balaban J connectivity index is 2.27. The van der Waals surface area contributed by atoms with Gasteiger partial charge in [-0.2, -0.15) is 0 Å². The molecule has 7 nitrogen and oxygen atoms in total. The van der Waals surface area contributed by atoms with Gasteiger partial charge in [-0.05, 0) is 83.4 Å². The van der Waals surface area contributed by atoms with Crippen molar-refractivity contribution in [2.24, 2.45) is 0 Å². The van der Waals surface area contributed by atoms with Gasteiger partial charge in [0.05, 0.1) is 11.9 Å². The van der Waals surface area contributed by atoms with Crippen LogP contribution < -0.4 is 9.62 Å². The van der Waals surface area contributed by atoms with Crippen molar-refractivity contribution in [2.75, 3.05) is 17.1 Å².